The molecule has 3 aromatic heterocycles. The van der Waals surface area contributed by atoms with Gasteiger partial charge in [-0.2, -0.15) is 4.52 Å². The number of aromatic nitrogens is 6. The molecule has 27 heavy (non-hydrogen) atoms. The van der Waals surface area contributed by atoms with Crippen LogP contribution in [0, 0.1) is 6.92 Å². The average molecular weight is 363 g/mol. The van der Waals surface area contributed by atoms with E-state index in [1.54, 1.807) is 6.07 Å². The first-order chi connectivity index (χ1) is 13.2. The molecule has 2 N–H and O–H groups in total. The number of benzene rings is 1. The number of nitrogens with zero attached hydrogens (tertiary/aromatic N) is 5. The molecule has 0 spiro atoms. The van der Waals surface area contributed by atoms with Crippen molar-refractivity contribution in [3.8, 4) is 0 Å². The first-order valence-corrected chi connectivity index (χ1v) is 9.26. The summed E-state index contributed by atoms with van der Waals surface area (Å²) < 4.78 is 1.35. The van der Waals surface area contributed by atoms with Gasteiger partial charge in [0.25, 0.3) is 11.3 Å². The minimum Gasteiger partial charge on any atom is -0.342 e. The Balaban J connectivity index is 1.28. The van der Waals surface area contributed by atoms with Crippen molar-refractivity contribution >= 4 is 16.8 Å². The van der Waals surface area contributed by atoms with Crippen molar-refractivity contribution in [2.75, 3.05) is 13.1 Å². The van der Waals surface area contributed by atoms with Crippen molar-refractivity contribution in [3.05, 3.63) is 58.0 Å². The predicted molar refractivity (Wildman–Crippen MR) is 102 cm³/mol. The van der Waals surface area contributed by atoms with Crippen molar-refractivity contribution in [2.45, 2.75) is 32.2 Å². The largest absolute Gasteiger partial charge is 0.342 e. The third kappa shape index (κ3) is 3.02. The third-order valence-electron chi connectivity index (χ3n) is 5.34. The summed E-state index contributed by atoms with van der Waals surface area (Å²) >= 11 is 0. The van der Waals surface area contributed by atoms with E-state index in [2.05, 4.69) is 50.1 Å². The first kappa shape index (κ1) is 16.2. The Kier molecular flexibility index (Phi) is 3.78. The number of piperidine rings is 1. The van der Waals surface area contributed by atoms with Gasteiger partial charge in [-0.05, 0) is 50.6 Å². The lowest BCUT2D eigenvalue weighted by atomic mass is 9.96. The molecule has 138 valence electrons. The molecule has 8 heteroatoms. The van der Waals surface area contributed by atoms with Crippen molar-refractivity contribution in [2.24, 2.45) is 0 Å². The Morgan fingerprint density at radius 2 is 2.04 bits per heavy atom. The molecule has 0 atom stereocenters. The molecule has 0 bridgehead atoms. The van der Waals surface area contributed by atoms with Crippen LogP contribution in [0.1, 0.15) is 35.8 Å². The Hall–Kier alpha value is -3.00. The Morgan fingerprint density at radius 1 is 1.19 bits per heavy atom. The van der Waals surface area contributed by atoms with Crippen LogP contribution in [0.5, 0.6) is 0 Å². The molecule has 0 radical (unpaired) electrons. The number of nitrogens with one attached hydrogen (secondary N) is 2. The highest BCUT2D eigenvalue weighted by molar-refractivity contribution is 5.75. The van der Waals surface area contributed by atoms with Gasteiger partial charge in [0.05, 0.1) is 16.7 Å². The topological polar surface area (TPSA) is 95.0 Å². The molecule has 4 aromatic rings. The highest BCUT2D eigenvalue weighted by Gasteiger charge is 2.23. The van der Waals surface area contributed by atoms with E-state index in [0.717, 1.165) is 48.5 Å². The van der Waals surface area contributed by atoms with Crippen LogP contribution in [-0.4, -0.2) is 47.5 Å². The zero-order chi connectivity index (χ0) is 18.4. The van der Waals surface area contributed by atoms with E-state index in [-0.39, 0.29) is 5.56 Å². The summed E-state index contributed by atoms with van der Waals surface area (Å²) in [4.78, 5) is 31.2. The number of fused-ring (bicyclic) bond motifs is 2. The summed E-state index contributed by atoms with van der Waals surface area (Å²) in [5, 5.41) is 2.76. The number of hydrogen-bond donors (Lipinski definition) is 2. The quantitative estimate of drug-likeness (QED) is 0.580. The fourth-order valence-electron chi connectivity index (χ4n) is 3.88. The Morgan fingerprint density at radius 3 is 2.89 bits per heavy atom. The first-order valence-electron chi connectivity index (χ1n) is 9.26. The van der Waals surface area contributed by atoms with Crippen LogP contribution in [-0.2, 0) is 6.54 Å². The van der Waals surface area contributed by atoms with Crippen LogP contribution in [0.3, 0.4) is 0 Å². The van der Waals surface area contributed by atoms with Crippen molar-refractivity contribution in [3.63, 3.8) is 0 Å². The molecular weight excluding hydrogens is 342 g/mol. The third-order valence-corrected chi connectivity index (χ3v) is 5.34. The maximum Gasteiger partial charge on any atom is 0.274 e. The van der Waals surface area contributed by atoms with Gasteiger partial charge in [-0.15, -0.1) is 0 Å². The van der Waals surface area contributed by atoms with Crippen molar-refractivity contribution < 1.29 is 0 Å². The van der Waals surface area contributed by atoms with E-state index in [1.807, 2.05) is 0 Å². The van der Waals surface area contributed by atoms with Gasteiger partial charge in [0.1, 0.15) is 12.2 Å². The summed E-state index contributed by atoms with van der Waals surface area (Å²) in [5.41, 5.74) is 4.04. The van der Waals surface area contributed by atoms with Gasteiger partial charge in [0, 0.05) is 18.5 Å². The van der Waals surface area contributed by atoms with Gasteiger partial charge < -0.3 is 4.98 Å². The van der Waals surface area contributed by atoms with Gasteiger partial charge in [-0.1, -0.05) is 6.07 Å². The molecule has 0 amide bonds. The van der Waals surface area contributed by atoms with Crippen LogP contribution in [0.4, 0.5) is 0 Å². The predicted octanol–water partition coefficient (Wildman–Crippen LogP) is 1.98. The van der Waals surface area contributed by atoms with Gasteiger partial charge in [0.2, 0.25) is 0 Å². The molecule has 0 unspecified atom stereocenters. The molecule has 4 heterocycles. The summed E-state index contributed by atoms with van der Waals surface area (Å²) in [5.74, 6) is 1.95. The Bertz CT molecular complexity index is 1160. The molecule has 8 nitrogen and oxygen atoms in total. The number of hydrogen-bond acceptors (Lipinski definition) is 5. The second-order valence-corrected chi connectivity index (χ2v) is 7.30. The number of rotatable bonds is 3. The van der Waals surface area contributed by atoms with Gasteiger partial charge >= 0.3 is 0 Å². The molecular formula is C19H21N7O. The SMILES string of the molecule is Cc1ccc2nc(C3CCN(Cc4cc(=O)n5[nH]cnc5n4)CC3)[nH]c2c1. The summed E-state index contributed by atoms with van der Waals surface area (Å²) in [6.07, 6.45) is 3.57. The molecule has 0 saturated carbocycles. The fraction of sp³-hybridized carbons (Fsp3) is 0.368. The summed E-state index contributed by atoms with van der Waals surface area (Å²) in [6, 6.07) is 7.91. The Labute approximate surface area is 155 Å². The normalized spacial score (nSPS) is 16.5. The van der Waals surface area contributed by atoms with Gasteiger partial charge in [-0.25, -0.2) is 15.0 Å². The van der Waals surface area contributed by atoms with Crippen LogP contribution < -0.4 is 5.56 Å². The molecule has 0 aliphatic carbocycles. The van der Waals surface area contributed by atoms with Crippen LogP contribution >= 0.6 is 0 Å². The number of likely N-dealkylation sites (tertiary alicyclic amines) is 1. The molecule has 1 aromatic carbocycles. The molecule has 1 fully saturated rings. The lowest BCUT2D eigenvalue weighted by Gasteiger charge is -2.30. The smallest absolute Gasteiger partial charge is 0.274 e. The van der Waals surface area contributed by atoms with E-state index in [0.29, 0.717) is 18.2 Å². The highest BCUT2D eigenvalue weighted by Crippen LogP contribution is 2.28. The van der Waals surface area contributed by atoms with Gasteiger partial charge in [0.15, 0.2) is 0 Å². The molecule has 5 rings (SSSR count). The van der Waals surface area contributed by atoms with Crippen molar-refractivity contribution in [1.82, 2.24) is 34.4 Å². The van der Waals surface area contributed by atoms with E-state index in [4.69, 9.17) is 4.98 Å². The maximum absolute atomic E-state index is 12.1. The second kappa shape index (κ2) is 6.31. The van der Waals surface area contributed by atoms with E-state index in [1.165, 1.54) is 16.4 Å². The number of H-pyrrole nitrogens is 2. The molecule has 1 saturated heterocycles. The summed E-state index contributed by atoms with van der Waals surface area (Å²) in [7, 11) is 0. The highest BCUT2D eigenvalue weighted by atomic mass is 16.1. The number of aromatic amines is 2. The summed E-state index contributed by atoms with van der Waals surface area (Å²) in [6.45, 7) is 4.69. The monoisotopic (exact) mass is 363 g/mol. The minimum absolute atomic E-state index is 0.125. The van der Waals surface area contributed by atoms with E-state index in [9.17, 15) is 4.79 Å². The average Bonchev–Trinajstić information content (AvgIpc) is 3.29. The lowest BCUT2D eigenvalue weighted by molar-refractivity contribution is 0.200. The fourth-order valence-corrected chi connectivity index (χ4v) is 3.88. The standard InChI is InChI=1S/C19H21N7O/c1-12-2-3-15-16(8-12)24-18(23-15)13-4-6-25(7-5-13)10-14-9-17(27)26-19(22-14)20-11-21-26/h2-3,8-9,11,13H,4-7,10H2,1H3,(H,23,24)(H,20,21,22). The molecule has 1 aliphatic heterocycles. The van der Waals surface area contributed by atoms with Crippen LogP contribution in [0.25, 0.3) is 16.8 Å². The number of imidazole rings is 1. The zero-order valence-electron chi connectivity index (χ0n) is 15.1. The second-order valence-electron chi connectivity index (χ2n) is 7.30. The minimum atomic E-state index is -0.125. The van der Waals surface area contributed by atoms with Crippen LogP contribution in [0.15, 0.2) is 35.4 Å². The van der Waals surface area contributed by atoms with E-state index < -0.39 is 0 Å². The zero-order valence-corrected chi connectivity index (χ0v) is 15.1. The van der Waals surface area contributed by atoms with Crippen LogP contribution in [0.2, 0.25) is 0 Å². The number of aryl methyl sites for hydroxylation is 1. The van der Waals surface area contributed by atoms with E-state index >= 15 is 0 Å². The lowest BCUT2D eigenvalue weighted by Crippen LogP contribution is -2.33. The van der Waals surface area contributed by atoms with Gasteiger partial charge in [-0.3, -0.25) is 14.8 Å². The van der Waals surface area contributed by atoms with Crippen molar-refractivity contribution in [1.29, 1.82) is 0 Å². The molecule has 1 aliphatic rings. The maximum atomic E-state index is 12.1.